The predicted molar refractivity (Wildman–Crippen MR) is 55.5 cm³/mol. The van der Waals surface area contributed by atoms with Crippen LogP contribution in [0.3, 0.4) is 0 Å². The highest BCUT2D eigenvalue weighted by molar-refractivity contribution is 5.78. The van der Waals surface area contributed by atoms with Crippen LogP contribution in [-0.2, 0) is 4.74 Å². The molecule has 0 radical (unpaired) electrons. The molecule has 0 atom stereocenters. The van der Waals surface area contributed by atoms with E-state index < -0.39 is 0 Å². The molecule has 1 rings (SSSR count). The van der Waals surface area contributed by atoms with E-state index >= 15 is 0 Å². The molecular formula is C11H15NO. The number of hydrogen-bond donors (Lipinski definition) is 0. The van der Waals surface area contributed by atoms with Crippen LogP contribution in [-0.4, -0.2) is 12.5 Å². The predicted octanol–water partition coefficient (Wildman–Crippen LogP) is 3.16. The second-order valence-corrected chi connectivity index (χ2v) is 2.63. The van der Waals surface area contributed by atoms with Gasteiger partial charge >= 0.3 is 0 Å². The van der Waals surface area contributed by atoms with E-state index in [0.29, 0.717) is 6.61 Å². The molecule has 0 aliphatic heterocycles. The maximum Gasteiger partial charge on any atom is 0.188 e. The largest absolute Gasteiger partial charge is 0.481 e. The third kappa shape index (κ3) is 3.28. The standard InChI is InChI=1S/C11H15NO/c1-3-11(13-4-2)12-10-8-6-5-7-9-10/h5-9H,3-4H2,1-2H3. The maximum atomic E-state index is 5.35. The zero-order valence-electron chi connectivity index (χ0n) is 8.16. The monoisotopic (exact) mass is 177 g/mol. The van der Waals surface area contributed by atoms with Crippen LogP contribution in [0.2, 0.25) is 0 Å². The highest BCUT2D eigenvalue weighted by Gasteiger charge is 1.94. The summed E-state index contributed by atoms with van der Waals surface area (Å²) in [5.41, 5.74) is 0.952. The molecular weight excluding hydrogens is 162 g/mol. The zero-order valence-corrected chi connectivity index (χ0v) is 8.16. The van der Waals surface area contributed by atoms with Crippen LogP contribution in [0.1, 0.15) is 20.3 Å². The lowest BCUT2D eigenvalue weighted by molar-refractivity contribution is 0.319. The Morgan fingerprint density at radius 2 is 1.92 bits per heavy atom. The molecule has 0 spiro atoms. The van der Waals surface area contributed by atoms with E-state index in [1.807, 2.05) is 44.2 Å². The number of para-hydroxylation sites is 1. The Morgan fingerprint density at radius 1 is 1.23 bits per heavy atom. The second kappa shape index (κ2) is 5.36. The first kappa shape index (κ1) is 9.78. The molecule has 0 saturated heterocycles. The molecule has 1 aromatic rings. The fourth-order valence-corrected chi connectivity index (χ4v) is 1.03. The van der Waals surface area contributed by atoms with Crippen LogP contribution in [0.5, 0.6) is 0 Å². The fraction of sp³-hybridized carbons (Fsp3) is 0.364. The van der Waals surface area contributed by atoms with Gasteiger partial charge < -0.3 is 4.74 Å². The number of rotatable bonds is 3. The van der Waals surface area contributed by atoms with Crippen LogP contribution in [0.25, 0.3) is 0 Å². The molecule has 0 aliphatic carbocycles. The van der Waals surface area contributed by atoms with Crippen molar-refractivity contribution in [2.24, 2.45) is 4.99 Å². The van der Waals surface area contributed by atoms with E-state index in [1.165, 1.54) is 0 Å². The van der Waals surface area contributed by atoms with E-state index in [0.717, 1.165) is 18.0 Å². The Balaban J connectivity index is 2.73. The van der Waals surface area contributed by atoms with Crippen LogP contribution in [0.4, 0.5) is 5.69 Å². The number of nitrogens with zero attached hydrogens (tertiary/aromatic N) is 1. The third-order valence-corrected chi connectivity index (χ3v) is 1.62. The second-order valence-electron chi connectivity index (χ2n) is 2.63. The lowest BCUT2D eigenvalue weighted by Crippen LogP contribution is -2.01. The summed E-state index contributed by atoms with van der Waals surface area (Å²) in [5, 5.41) is 0. The van der Waals surface area contributed by atoms with Gasteiger partial charge in [0.05, 0.1) is 12.3 Å². The van der Waals surface area contributed by atoms with Crippen LogP contribution in [0.15, 0.2) is 35.3 Å². The van der Waals surface area contributed by atoms with Crippen molar-refractivity contribution in [1.29, 1.82) is 0 Å². The molecule has 0 amide bonds. The Morgan fingerprint density at radius 3 is 2.46 bits per heavy atom. The first-order valence-corrected chi connectivity index (χ1v) is 4.62. The average molecular weight is 177 g/mol. The molecule has 0 bridgehead atoms. The van der Waals surface area contributed by atoms with E-state index in [2.05, 4.69) is 4.99 Å². The van der Waals surface area contributed by atoms with Gasteiger partial charge in [-0.05, 0) is 19.1 Å². The highest BCUT2D eigenvalue weighted by atomic mass is 16.5. The van der Waals surface area contributed by atoms with E-state index in [4.69, 9.17) is 4.74 Å². The van der Waals surface area contributed by atoms with Crippen molar-refractivity contribution in [3.05, 3.63) is 30.3 Å². The normalized spacial score (nSPS) is 11.4. The van der Waals surface area contributed by atoms with Gasteiger partial charge in [-0.3, -0.25) is 0 Å². The molecule has 0 aliphatic rings. The number of aliphatic imine (C=N–C) groups is 1. The summed E-state index contributed by atoms with van der Waals surface area (Å²) < 4.78 is 5.35. The van der Waals surface area contributed by atoms with Gasteiger partial charge in [-0.1, -0.05) is 25.1 Å². The molecule has 1 aromatic carbocycles. The van der Waals surface area contributed by atoms with E-state index in [9.17, 15) is 0 Å². The molecule has 0 N–H and O–H groups in total. The van der Waals surface area contributed by atoms with Gasteiger partial charge in [-0.2, -0.15) is 0 Å². The van der Waals surface area contributed by atoms with Crippen LogP contribution in [0, 0.1) is 0 Å². The Labute approximate surface area is 79.3 Å². The summed E-state index contributed by atoms with van der Waals surface area (Å²) >= 11 is 0. The lowest BCUT2D eigenvalue weighted by Gasteiger charge is -2.03. The highest BCUT2D eigenvalue weighted by Crippen LogP contribution is 2.11. The van der Waals surface area contributed by atoms with Gasteiger partial charge in [0.1, 0.15) is 0 Å². The van der Waals surface area contributed by atoms with Crippen molar-refractivity contribution in [2.45, 2.75) is 20.3 Å². The first-order valence-electron chi connectivity index (χ1n) is 4.62. The number of benzene rings is 1. The van der Waals surface area contributed by atoms with Gasteiger partial charge in [-0.15, -0.1) is 0 Å². The molecule has 13 heavy (non-hydrogen) atoms. The van der Waals surface area contributed by atoms with Crippen LogP contribution < -0.4 is 0 Å². The molecule has 2 heteroatoms. The van der Waals surface area contributed by atoms with Crippen molar-refractivity contribution in [2.75, 3.05) is 6.61 Å². The summed E-state index contributed by atoms with van der Waals surface area (Å²) in [6.07, 6.45) is 0.836. The Hall–Kier alpha value is -1.31. The van der Waals surface area contributed by atoms with Gasteiger partial charge in [0.25, 0.3) is 0 Å². The maximum absolute atomic E-state index is 5.35. The number of ether oxygens (including phenoxy) is 1. The van der Waals surface area contributed by atoms with Crippen molar-refractivity contribution < 1.29 is 4.74 Å². The third-order valence-electron chi connectivity index (χ3n) is 1.62. The molecule has 0 unspecified atom stereocenters. The quantitative estimate of drug-likeness (QED) is 0.513. The smallest absolute Gasteiger partial charge is 0.188 e. The lowest BCUT2D eigenvalue weighted by atomic mass is 10.3. The minimum Gasteiger partial charge on any atom is -0.481 e. The molecule has 2 nitrogen and oxygen atoms in total. The molecule has 0 fully saturated rings. The Kier molecular flexibility index (Phi) is 4.03. The summed E-state index contributed by atoms with van der Waals surface area (Å²) in [6.45, 7) is 4.69. The first-order chi connectivity index (χ1) is 6.36. The fourth-order valence-electron chi connectivity index (χ4n) is 1.03. The van der Waals surface area contributed by atoms with Gasteiger partial charge in [0.15, 0.2) is 5.90 Å². The summed E-state index contributed by atoms with van der Waals surface area (Å²) in [7, 11) is 0. The molecule has 0 heterocycles. The van der Waals surface area contributed by atoms with Crippen molar-refractivity contribution in [3.8, 4) is 0 Å². The van der Waals surface area contributed by atoms with Gasteiger partial charge in [-0.25, -0.2) is 4.99 Å². The topological polar surface area (TPSA) is 21.6 Å². The number of hydrogen-bond acceptors (Lipinski definition) is 2. The Bertz CT molecular complexity index is 267. The van der Waals surface area contributed by atoms with Crippen molar-refractivity contribution >= 4 is 11.6 Å². The van der Waals surface area contributed by atoms with Crippen LogP contribution >= 0.6 is 0 Å². The van der Waals surface area contributed by atoms with Gasteiger partial charge in [0, 0.05) is 6.42 Å². The zero-order chi connectivity index (χ0) is 9.52. The minimum atomic E-state index is 0.680. The van der Waals surface area contributed by atoms with E-state index in [-0.39, 0.29) is 0 Å². The summed E-state index contributed by atoms with van der Waals surface area (Å²) in [4.78, 5) is 4.36. The minimum absolute atomic E-state index is 0.680. The summed E-state index contributed by atoms with van der Waals surface area (Å²) in [5.74, 6) is 0.800. The van der Waals surface area contributed by atoms with Gasteiger partial charge in [0.2, 0.25) is 0 Å². The molecule has 0 aromatic heterocycles. The molecule has 0 saturated carbocycles. The van der Waals surface area contributed by atoms with E-state index in [1.54, 1.807) is 0 Å². The average Bonchev–Trinajstić information content (AvgIpc) is 2.19. The summed E-state index contributed by atoms with van der Waals surface area (Å²) in [6, 6.07) is 9.85. The SMILES string of the molecule is CCOC(CC)=Nc1ccccc1. The molecule has 70 valence electrons. The van der Waals surface area contributed by atoms with Crippen molar-refractivity contribution in [1.82, 2.24) is 0 Å². The van der Waals surface area contributed by atoms with Crippen molar-refractivity contribution in [3.63, 3.8) is 0 Å².